The highest BCUT2D eigenvalue weighted by Crippen LogP contribution is 2.30. The summed E-state index contributed by atoms with van der Waals surface area (Å²) in [5.74, 6) is -0.255. The Morgan fingerprint density at radius 1 is 0.474 bits per heavy atom. The van der Waals surface area contributed by atoms with Crippen molar-refractivity contribution in [2.24, 2.45) is 0 Å². The fourth-order valence-electron chi connectivity index (χ4n) is 9.14. The standard InChI is InChI=1S/C64H107NO13/c1-3-5-7-8-9-10-11-12-13-14-15-16-17-18-19-20-21-22-23-24-25-26-27-28-29-30-31-32-33-34-35-36-37-38-39-40-41-42-43-44-46-48-56(69)65-52(53(68)47-45-6-4-2)51-75-63-61(74)59(72)62(55(50-67)77-63)78-64-60(73)58(71)57(70)54(49-66)76-64/h5,7,9-10,12-13,15-16,18-19,21-22,24-25,27-28,45,47,52-55,57-64,66-68,70-74H,3-4,6,8,11,14,17,20,23,26,29-44,46,48-51H2,1-2H3,(H,65,69)/b7-5-,10-9-,13-12-,16-15-,19-18-,22-21-,25-24-,28-27-,47-45+. The van der Waals surface area contributed by atoms with Crippen LogP contribution in [0.5, 0.6) is 0 Å². The average Bonchev–Trinajstić information content (AvgIpc) is 3.44. The van der Waals surface area contributed by atoms with Crippen molar-refractivity contribution in [2.75, 3.05) is 19.8 Å². The molecular weight excluding hydrogens is 991 g/mol. The number of carbonyl (C=O) groups excluding carboxylic acids is 1. The largest absolute Gasteiger partial charge is 0.394 e. The van der Waals surface area contributed by atoms with Crippen molar-refractivity contribution in [1.82, 2.24) is 5.32 Å². The predicted octanol–water partition coefficient (Wildman–Crippen LogP) is 10.4. The van der Waals surface area contributed by atoms with E-state index < -0.39 is 86.8 Å². The first-order valence-corrected chi connectivity index (χ1v) is 30.1. The van der Waals surface area contributed by atoms with E-state index in [0.717, 1.165) is 83.5 Å². The lowest BCUT2D eigenvalue weighted by Gasteiger charge is -2.46. The molecule has 0 aromatic heterocycles. The first-order chi connectivity index (χ1) is 38.1. The summed E-state index contributed by atoms with van der Waals surface area (Å²) in [4.78, 5) is 13.0. The van der Waals surface area contributed by atoms with Gasteiger partial charge in [0, 0.05) is 6.42 Å². The number of aliphatic hydroxyl groups is 8. The second-order valence-corrected chi connectivity index (χ2v) is 20.7. The molecule has 2 heterocycles. The number of amides is 1. The molecule has 446 valence electrons. The molecule has 9 N–H and O–H groups in total. The summed E-state index contributed by atoms with van der Waals surface area (Å²) in [6.07, 6.45) is 52.9. The van der Waals surface area contributed by atoms with Crippen molar-refractivity contribution in [3.63, 3.8) is 0 Å². The van der Waals surface area contributed by atoms with Gasteiger partial charge in [-0.15, -0.1) is 0 Å². The quantitative estimate of drug-likeness (QED) is 0.0204. The summed E-state index contributed by atoms with van der Waals surface area (Å²) in [7, 11) is 0. The Kier molecular flexibility index (Phi) is 43.9. The van der Waals surface area contributed by atoms with Crippen LogP contribution in [0.25, 0.3) is 0 Å². The number of allylic oxidation sites excluding steroid dienone is 17. The van der Waals surface area contributed by atoms with Gasteiger partial charge in [-0.2, -0.15) is 0 Å². The third kappa shape index (κ3) is 33.4. The van der Waals surface area contributed by atoms with Gasteiger partial charge in [-0.3, -0.25) is 4.79 Å². The molecule has 2 saturated heterocycles. The summed E-state index contributed by atoms with van der Waals surface area (Å²) in [5.41, 5.74) is 0. The minimum Gasteiger partial charge on any atom is -0.394 e. The SMILES string of the molecule is CC/C=C\C/C=C\C/C=C\C/C=C\C/C=C\C/C=C\C/C=C\C/C=C\CCCCCCCCCCCCCCCCCCC(=O)NC(COC1OC(CO)C(OC2OC(CO)C(O)C(O)C2O)C(O)C1O)C(O)/C=C/CCC. The van der Waals surface area contributed by atoms with Crippen LogP contribution in [0.4, 0.5) is 0 Å². The Balaban J connectivity index is 1.46. The summed E-state index contributed by atoms with van der Waals surface area (Å²) in [6, 6.07) is -0.914. The summed E-state index contributed by atoms with van der Waals surface area (Å²) < 4.78 is 22.5. The number of ether oxygens (including phenoxy) is 4. The molecule has 12 atom stereocenters. The smallest absolute Gasteiger partial charge is 0.220 e. The molecule has 0 spiro atoms. The van der Waals surface area contributed by atoms with Gasteiger partial charge in [-0.1, -0.05) is 220 Å². The Hall–Kier alpha value is -3.35. The highest BCUT2D eigenvalue weighted by atomic mass is 16.7. The first kappa shape index (κ1) is 70.8. The molecule has 2 fully saturated rings. The van der Waals surface area contributed by atoms with Crippen LogP contribution in [-0.4, -0.2) is 140 Å². The zero-order valence-corrected chi connectivity index (χ0v) is 47.9. The van der Waals surface area contributed by atoms with Crippen molar-refractivity contribution in [3.05, 3.63) is 109 Å². The van der Waals surface area contributed by atoms with E-state index in [0.29, 0.717) is 6.42 Å². The maximum Gasteiger partial charge on any atom is 0.220 e. The molecule has 0 aromatic carbocycles. The van der Waals surface area contributed by atoms with Gasteiger partial charge >= 0.3 is 0 Å². The molecule has 14 nitrogen and oxygen atoms in total. The molecule has 12 unspecified atom stereocenters. The number of aliphatic hydroxyl groups excluding tert-OH is 8. The Labute approximate surface area is 470 Å². The van der Waals surface area contributed by atoms with Crippen molar-refractivity contribution < 1.29 is 64.6 Å². The molecule has 2 aliphatic rings. The summed E-state index contributed by atoms with van der Waals surface area (Å²) in [5, 5.41) is 86.0. The molecule has 0 radical (unpaired) electrons. The lowest BCUT2D eigenvalue weighted by molar-refractivity contribution is -0.359. The van der Waals surface area contributed by atoms with Gasteiger partial charge in [0.15, 0.2) is 12.6 Å². The highest BCUT2D eigenvalue weighted by Gasteiger charge is 2.51. The number of carbonyl (C=O) groups is 1. The van der Waals surface area contributed by atoms with E-state index in [1.807, 2.05) is 13.0 Å². The van der Waals surface area contributed by atoms with E-state index in [4.69, 9.17) is 18.9 Å². The molecule has 0 aliphatic carbocycles. The minimum absolute atomic E-state index is 0.255. The van der Waals surface area contributed by atoms with Gasteiger partial charge in [-0.25, -0.2) is 0 Å². The molecule has 2 rings (SSSR count). The van der Waals surface area contributed by atoms with Crippen LogP contribution in [0.3, 0.4) is 0 Å². The van der Waals surface area contributed by atoms with E-state index >= 15 is 0 Å². The van der Waals surface area contributed by atoms with Crippen molar-refractivity contribution in [2.45, 2.75) is 267 Å². The maximum atomic E-state index is 13.0. The average molecular weight is 1100 g/mol. The number of rotatable bonds is 46. The molecule has 78 heavy (non-hydrogen) atoms. The molecule has 14 heteroatoms. The lowest BCUT2D eigenvalue weighted by Crippen LogP contribution is -2.65. The van der Waals surface area contributed by atoms with Gasteiger partial charge in [0.05, 0.1) is 32.0 Å². The van der Waals surface area contributed by atoms with Crippen LogP contribution in [0.15, 0.2) is 109 Å². The Bertz CT molecular complexity index is 1720. The Morgan fingerprint density at radius 3 is 1.33 bits per heavy atom. The summed E-state index contributed by atoms with van der Waals surface area (Å²) >= 11 is 0. The molecular formula is C64H107NO13. The highest BCUT2D eigenvalue weighted by molar-refractivity contribution is 5.76. The number of unbranched alkanes of at least 4 members (excludes halogenated alkanes) is 17. The minimum atomic E-state index is -1.79. The first-order valence-electron chi connectivity index (χ1n) is 30.1. The van der Waals surface area contributed by atoms with E-state index in [1.54, 1.807) is 6.08 Å². The molecule has 0 bridgehead atoms. The third-order valence-electron chi connectivity index (χ3n) is 13.9. The summed E-state index contributed by atoms with van der Waals surface area (Å²) in [6.45, 7) is 2.43. The molecule has 0 aromatic rings. The van der Waals surface area contributed by atoms with Crippen molar-refractivity contribution >= 4 is 5.91 Å². The fraction of sp³-hybridized carbons (Fsp3) is 0.703. The number of hydrogen-bond acceptors (Lipinski definition) is 13. The van der Waals surface area contributed by atoms with E-state index in [-0.39, 0.29) is 18.9 Å². The van der Waals surface area contributed by atoms with Crippen LogP contribution in [-0.2, 0) is 23.7 Å². The zero-order chi connectivity index (χ0) is 56.7. The fourth-order valence-corrected chi connectivity index (χ4v) is 9.14. The third-order valence-corrected chi connectivity index (χ3v) is 13.9. The lowest BCUT2D eigenvalue weighted by atomic mass is 9.97. The van der Waals surface area contributed by atoms with Crippen molar-refractivity contribution in [3.8, 4) is 0 Å². The van der Waals surface area contributed by atoms with Crippen LogP contribution < -0.4 is 5.32 Å². The van der Waals surface area contributed by atoms with E-state index in [9.17, 15) is 45.6 Å². The second kappa shape index (κ2) is 48.4. The van der Waals surface area contributed by atoms with Crippen LogP contribution >= 0.6 is 0 Å². The maximum absolute atomic E-state index is 13.0. The van der Waals surface area contributed by atoms with Gasteiger partial charge < -0.3 is 65.1 Å². The van der Waals surface area contributed by atoms with E-state index in [1.165, 1.54) is 83.5 Å². The van der Waals surface area contributed by atoms with Gasteiger partial charge in [0.25, 0.3) is 0 Å². The Morgan fingerprint density at radius 2 is 0.885 bits per heavy atom. The number of nitrogens with one attached hydrogen (secondary N) is 1. The molecule has 0 saturated carbocycles. The van der Waals surface area contributed by atoms with Crippen LogP contribution in [0.1, 0.15) is 194 Å². The second-order valence-electron chi connectivity index (χ2n) is 20.7. The molecule has 1 amide bonds. The topological polar surface area (TPSA) is 228 Å². The van der Waals surface area contributed by atoms with Gasteiger partial charge in [-0.05, 0) is 77.0 Å². The normalized spacial score (nSPS) is 25.4. The predicted molar refractivity (Wildman–Crippen MR) is 313 cm³/mol. The van der Waals surface area contributed by atoms with E-state index in [2.05, 4.69) is 109 Å². The monoisotopic (exact) mass is 1100 g/mol. The van der Waals surface area contributed by atoms with Crippen LogP contribution in [0.2, 0.25) is 0 Å². The van der Waals surface area contributed by atoms with Gasteiger partial charge in [0.1, 0.15) is 48.8 Å². The zero-order valence-electron chi connectivity index (χ0n) is 47.9. The van der Waals surface area contributed by atoms with Crippen molar-refractivity contribution in [1.29, 1.82) is 0 Å². The van der Waals surface area contributed by atoms with Gasteiger partial charge in [0.2, 0.25) is 5.91 Å². The van der Waals surface area contributed by atoms with Crippen LogP contribution in [0, 0.1) is 0 Å². The number of hydrogen-bond donors (Lipinski definition) is 9. The molecule has 2 aliphatic heterocycles.